The quantitative estimate of drug-likeness (QED) is 0.836. The van der Waals surface area contributed by atoms with Crippen molar-refractivity contribution < 1.29 is 9.84 Å². The molecule has 1 saturated carbocycles. The number of pyridine rings is 1. The summed E-state index contributed by atoms with van der Waals surface area (Å²) in [7, 11) is 0. The van der Waals surface area contributed by atoms with E-state index in [1.54, 1.807) is 0 Å². The van der Waals surface area contributed by atoms with Crippen LogP contribution >= 0.6 is 0 Å². The zero-order valence-corrected chi connectivity index (χ0v) is 16.0. The maximum Gasteiger partial charge on any atom is 0.169 e. The number of anilines is 2. The third-order valence-electron chi connectivity index (χ3n) is 6.26. The largest absolute Gasteiger partial charge is 0.391 e. The summed E-state index contributed by atoms with van der Waals surface area (Å²) >= 11 is 0. The van der Waals surface area contributed by atoms with Gasteiger partial charge in [0, 0.05) is 18.7 Å². The molecule has 8 nitrogen and oxygen atoms in total. The number of hydrogen-bond donors (Lipinski definition) is 1. The van der Waals surface area contributed by atoms with Crippen molar-refractivity contribution in [1.29, 1.82) is 0 Å². The van der Waals surface area contributed by atoms with E-state index in [-0.39, 0.29) is 18.2 Å². The van der Waals surface area contributed by atoms with E-state index in [1.807, 2.05) is 23.0 Å². The molecule has 1 aliphatic carbocycles. The molecule has 0 radical (unpaired) electrons. The monoisotopic (exact) mass is 380 g/mol. The Morgan fingerprint density at radius 1 is 1.25 bits per heavy atom. The van der Waals surface area contributed by atoms with Gasteiger partial charge in [-0.15, -0.1) is 0 Å². The Labute approximate surface area is 163 Å². The van der Waals surface area contributed by atoms with Crippen LogP contribution in [-0.2, 0) is 11.2 Å². The van der Waals surface area contributed by atoms with Crippen molar-refractivity contribution in [2.24, 2.45) is 4.99 Å². The van der Waals surface area contributed by atoms with Crippen LogP contribution in [0.25, 0.3) is 11.0 Å². The Balaban J connectivity index is 1.57. The number of aromatic nitrogens is 3. The Morgan fingerprint density at radius 3 is 2.89 bits per heavy atom. The van der Waals surface area contributed by atoms with Crippen LogP contribution in [-0.4, -0.2) is 76.7 Å². The highest BCUT2D eigenvalue weighted by atomic mass is 16.5. The van der Waals surface area contributed by atoms with Crippen LogP contribution in [0, 0.1) is 0 Å². The molecule has 2 aromatic heterocycles. The van der Waals surface area contributed by atoms with Crippen LogP contribution in [0.15, 0.2) is 23.3 Å². The predicted molar refractivity (Wildman–Crippen MR) is 107 cm³/mol. The van der Waals surface area contributed by atoms with Crippen molar-refractivity contribution in [3.8, 4) is 0 Å². The smallest absolute Gasteiger partial charge is 0.169 e. The molecule has 5 heterocycles. The summed E-state index contributed by atoms with van der Waals surface area (Å²) in [6.07, 6.45) is 7.52. The lowest BCUT2D eigenvalue weighted by molar-refractivity contribution is 0.0985. The van der Waals surface area contributed by atoms with Crippen LogP contribution in [0.3, 0.4) is 0 Å². The standard InChI is InChI=1S/C20H24N6O2/c1-12-11-28-8-7-24(12)19-13-4-6-25(15-9-16(15)27)18(13)14-10-22-26(20(14)23-19)17-3-2-5-21-17/h2-3,10,12,15-16,27H,4-9,11H2,1H3/t12-,15?,16?/m1/s1. The lowest BCUT2D eigenvalue weighted by Gasteiger charge is -2.35. The lowest BCUT2D eigenvalue weighted by Crippen LogP contribution is -2.44. The molecule has 1 saturated heterocycles. The van der Waals surface area contributed by atoms with Crippen molar-refractivity contribution in [1.82, 2.24) is 14.8 Å². The third kappa shape index (κ3) is 2.34. The van der Waals surface area contributed by atoms with Gasteiger partial charge in [0.15, 0.2) is 11.5 Å². The molecule has 3 aliphatic heterocycles. The van der Waals surface area contributed by atoms with Gasteiger partial charge < -0.3 is 19.6 Å². The fraction of sp³-hybridized carbons (Fsp3) is 0.550. The first-order valence-corrected chi connectivity index (χ1v) is 10.1. The van der Waals surface area contributed by atoms with Crippen molar-refractivity contribution in [2.45, 2.75) is 38.0 Å². The number of nitrogens with zero attached hydrogens (tertiary/aromatic N) is 6. The number of aliphatic imine (C=N–C) groups is 1. The normalized spacial score (nSPS) is 28.9. The molecular formula is C20H24N6O2. The number of hydrogen-bond acceptors (Lipinski definition) is 7. The summed E-state index contributed by atoms with van der Waals surface area (Å²) in [5, 5.41) is 15.8. The molecule has 2 unspecified atom stereocenters. The van der Waals surface area contributed by atoms with E-state index < -0.39 is 0 Å². The highest BCUT2D eigenvalue weighted by molar-refractivity contribution is 6.04. The van der Waals surface area contributed by atoms with Gasteiger partial charge >= 0.3 is 0 Å². The molecule has 0 bridgehead atoms. The molecule has 28 heavy (non-hydrogen) atoms. The van der Waals surface area contributed by atoms with E-state index in [9.17, 15) is 5.11 Å². The number of aliphatic hydroxyl groups excluding tert-OH is 1. The van der Waals surface area contributed by atoms with Crippen molar-refractivity contribution in [3.63, 3.8) is 0 Å². The number of ether oxygens (including phenoxy) is 1. The molecule has 3 atom stereocenters. The van der Waals surface area contributed by atoms with E-state index in [4.69, 9.17) is 9.72 Å². The average Bonchev–Trinajstić information content (AvgIpc) is 3.16. The summed E-state index contributed by atoms with van der Waals surface area (Å²) < 4.78 is 7.51. The topological polar surface area (TPSA) is 79.0 Å². The first-order valence-electron chi connectivity index (χ1n) is 10.1. The summed E-state index contributed by atoms with van der Waals surface area (Å²) in [4.78, 5) is 14.4. The summed E-state index contributed by atoms with van der Waals surface area (Å²) in [5.41, 5.74) is 3.33. The molecule has 6 rings (SSSR count). The first kappa shape index (κ1) is 16.5. The molecule has 2 aromatic rings. The molecule has 146 valence electrons. The first-order chi connectivity index (χ1) is 13.7. The van der Waals surface area contributed by atoms with Crippen molar-refractivity contribution >= 4 is 28.4 Å². The van der Waals surface area contributed by atoms with Gasteiger partial charge in [0.05, 0.1) is 55.2 Å². The highest BCUT2D eigenvalue weighted by Crippen LogP contribution is 2.45. The predicted octanol–water partition coefficient (Wildman–Crippen LogP) is 0.968. The van der Waals surface area contributed by atoms with Gasteiger partial charge in [0.25, 0.3) is 0 Å². The molecule has 0 aromatic carbocycles. The average molecular weight is 380 g/mol. The SMILES string of the molecule is C[C@@H]1COCCN1c1nc2c(cnn2C2=NCC=C2)c2c1CCN2C1CC1O. The maximum atomic E-state index is 10.1. The van der Waals surface area contributed by atoms with Crippen molar-refractivity contribution in [2.75, 3.05) is 42.6 Å². The second kappa shape index (κ2) is 6.02. The lowest BCUT2D eigenvalue weighted by atomic mass is 10.1. The Morgan fingerprint density at radius 2 is 2.14 bits per heavy atom. The fourth-order valence-electron chi connectivity index (χ4n) is 4.73. The van der Waals surface area contributed by atoms with Gasteiger partial charge in [0.2, 0.25) is 0 Å². The minimum absolute atomic E-state index is 0.217. The zero-order valence-electron chi connectivity index (χ0n) is 16.0. The van der Waals surface area contributed by atoms with E-state index in [2.05, 4.69) is 26.8 Å². The van der Waals surface area contributed by atoms with Gasteiger partial charge in [-0.1, -0.05) is 6.08 Å². The van der Waals surface area contributed by atoms with Crippen LogP contribution in [0.4, 0.5) is 11.5 Å². The van der Waals surface area contributed by atoms with Crippen LogP contribution in [0.1, 0.15) is 18.9 Å². The summed E-state index contributed by atoms with van der Waals surface area (Å²) in [6, 6.07) is 0.498. The van der Waals surface area contributed by atoms with Gasteiger partial charge in [-0.3, -0.25) is 4.99 Å². The van der Waals surface area contributed by atoms with Crippen molar-refractivity contribution in [3.05, 3.63) is 23.9 Å². The molecule has 2 fully saturated rings. The van der Waals surface area contributed by atoms with Gasteiger partial charge in [-0.25, -0.2) is 4.98 Å². The Bertz CT molecular complexity index is 1010. The second-order valence-corrected chi connectivity index (χ2v) is 8.09. The number of fused-ring (bicyclic) bond motifs is 3. The molecular weight excluding hydrogens is 356 g/mol. The minimum atomic E-state index is -0.225. The van der Waals surface area contributed by atoms with Crippen LogP contribution < -0.4 is 9.80 Å². The Hall–Kier alpha value is -2.45. The highest BCUT2D eigenvalue weighted by Gasteiger charge is 2.45. The number of morpholine rings is 1. The Kier molecular flexibility index (Phi) is 3.55. The van der Waals surface area contributed by atoms with E-state index >= 15 is 0 Å². The minimum Gasteiger partial charge on any atom is -0.391 e. The maximum absolute atomic E-state index is 10.1. The van der Waals surface area contributed by atoms with Gasteiger partial charge in [0.1, 0.15) is 5.82 Å². The van der Waals surface area contributed by atoms with Crippen LogP contribution in [0.2, 0.25) is 0 Å². The summed E-state index contributed by atoms with van der Waals surface area (Å²) in [6.45, 7) is 6.08. The molecule has 4 aliphatic rings. The molecule has 0 amide bonds. The van der Waals surface area contributed by atoms with E-state index in [0.29, 0.717) is 13.2 Å². The van der Waals surface area contributed by atoms with Gasteiger partial charge in [-0.2, -0.15) is 9.78 Å². The van der Waals surface area contributed by atoms with Gasteiger partial charge in [-0.05, 0) is 25.8 Å². The molecule has 1 N–H and O–H groups in total. The second-order valence-electron chi connectivity index (χ2n) is 8.09. The van der Waals surface area contributed by atoms with Crippen LogP contribution in [0.5, 0.6) is 0 Å². The molecule has 8 heteroatoms. The third-order valence-corrected chi connectivity index (χ3v) is 6.26. The van der Waals surface area contributed by atoms with E-state index in [0.717, 1.165) is 55.2 Å². The fourth-order valence-corrected chi connectivity index (χ4v) is 4.73. The number of rotatable bonds is 2. The molecule has 0 spiro atoms. The number of allylic oxidation sites excluding steroid dienone is 1. The summed E-state index contributed by atoms with van der Waals surface area (Å²) in [5.74, 6) is 1.87. The number of aliphatic hydroxyl groups is 1. The van der Waals surface area contributed by atoms with E-state index in [1.165, 1.54) is 11.3 Å². The zero-order chi connectivity index (χ0) is 18.8.